The largest absolute Gasteiger partial charge is 0.383 e. The van der Waals surface area contributed by atoms with Crippen LogP contribution in [0.25, 0.3) is 0 Å². The molecule has 70 valence electrons. The number of carbonyl (C=O) groups is 1. The molecule has 1 rings (SSSR count). The molecule has 1 saturated heterocycles. The minimum atomic E-state index is 0.0406. The van der Waals surface area contributed by atoms with E-state index in [1.165, 1.54) is 0 Å². The molecule has 12 heavy (non-hydrogen) atoms. The van der Waals surface area contributed by atoms with Gasteiger partial charge in [0.15, 0.2) is 0 Å². The maximum atomic E-state index is 11.2. The van der Waals surface area contributed by atoms with E-state index in [0.717, 1.165) is 19.5 Å². The minimum absolute atomic E-state index is 0.0406. The van der Waals surface area contributed by atoms with Crippen molar-refractivity contribution in [1.29, 1.82) is 0 Å². The van der Waals surface area contributed by atoms with Crippen molar-refractivity contribution in [2.45, 2.75) is 19.4 Å². The van der Waals surface area contributed by atoms with Crippen LogP contribution in [0.5, 0.6) is 0 Å². The standard InChI is InChI=1S/C8H16N2O2/c1-3-7(6-12-2)10-5-4-9-8(10)11/h7H,3-6H2,1-2H3,(H,9,11). The second kappa shape index (κ2) is 4.30. The molecule has 0 aromatic rings. The molecule has 1 aliphatic rings. The topological polar surface area (TPSA) is 41.6 Å². The first-order chi connectivity index (χ1) is 5.79. The molecule has 1 fully saturated rings. The van der Waals surface area contributed by atoms with E-state index in [1.54, 1.807) is 7.11 Å². The Bertz CT molecular complexity index is 161. The Morgan fingerprint density at radius 1 is 1.75 bits per heavy atom. The van der Waals surface area contributed by atoms with E-state index in [-0.39, 0.29) is 12.1 Å². The van der Waals surface area contributed by atoms with Gasteiger partial charge in [-0.2, -0.15) is 0 Å². The van der Waals surface area contributed by atoms with Crippen molar-refractivity contribution >= 4 is 6.03 Å². The highest BCUT2D eigenvalue weighted by molar-refractivity contribution is 5.76. The summed E-state index contributed by atoms with van der Waals surface area (Å²) in [7, 11) is 1.66. The summed E-state index contributed by atoms with van der Waals surface area (Å²) in [5.74, 6) is 0. The highest BCUT2D eigenvalue weighted by atomic mass is 16.5. The molecule has 0 aliphatic carbocycles. The number of amides is 2. The molecule has 1 atom stereocenters. The molecule has 4 heteroatoms. The molecular formula is C8H16N2O2. The summed E-state index contributed by atoms with van der Waals surface area (Å²) in [4.78, 5) is 13.0. The monoisotopic (exact) mass is 172 g/mol. The van der Waals surface area contributed by atoms with Crippen LogP contribution in [-0.2, 0) is 4.74 Å². The quantitative estimate of drug-likeness (QED) is 0.668. The van der Waals surface area contributed by atoms with Crippen LogP contribution >= 0.6 is 0 Å². The van der Waals surface area contributed by atoms with E-state index in [9.17, 15) is 4.79 Å². The van der Waals surface area contributed by atoms with Crippen LogP contribution in [0.1, 0.15) is 13.3 Å². The SMILES string of the molecule is CCC(COC)N1CCNC1=O. The second-order valence-corrected chi connectivity index (χ2v) is 2.94. The van der Waals surface area contributed by atoms with E-state index < -0.39 is 0 Å². The molecule has 1 aliphatic heterocycles. The summed E-state index contributed by atoms with van der Waals surface area (Å²) >= 11 is 0. The van der Waals surface area contributed by atoms with Gasteiger partial charge in [-0.1, -0.05) is 6.92 Å². The Labute approximate surface area is 72.9 Å². The van der Waals surface area contributed by atoms with Gasteiger partial charge >= 0.3 is 6.03 Å². The van der Waals surface area contributed by atoms with Gasteiger partial charge < -0.3 is 15.0 Å². The summed E-state index contributed by atoms with van der Waals surface area (Å²) < 4.78 is 5.03. The number of hydrogen-bond acceptors (Lipinski definition) is 2. The number of hydrogen-bond donors (Lipinski definition) is 1. The van der Waals surface area contributed by atoms with Gasteiger partial charge in [-0.05, 0) is 6.42 Å². The lowest BCUT2D eigenvalue weighted by molar-refractivity contribution is 0.114. The highest BCUT2D eigenvalue weighted by Gasteiger charge is 2.25. The molecule has 2 amide bonds. The number of nitrogens with one attached hydrogen (secondary N) is 1. The van der Waals surface area contributed by atoms with Crippen LogP contribution in [0.3, 0.4) is 0 Å². The molecule has 0 spiro atoms. The van der Waals surface area contributed by atoms with Gasteiger partial charge in [-0.3, -0.25) is 0 Å². The van der Waals surface area contributed by atoms with Crippen LogP contribution in [0.4, 0.5) is 4.79 Å². The second-order valence-electron chi connectivity index (χ2n) is 2.94. The average Bonchev–Trinajstić information content (AvgIpc) is 2.47. The van der Waals surface area contributed by atoms with E-state index in [2.05, 4.69) is 12.2 Å². The molecule has 0 bridgehead atoms. The van der Waals surface area contributed by atoms with Crippen LogP contribution in [-0.4, -0.2) is 43.8 Å². The lowest BCUT2D eigenvalue weighted by Crippen LogP contribution is -2.40. The molecule has 0 saturated carbocycles. The van der Waals surface area contributed by atoms with Crippen molar-refractivity contribution in [3.05, 3.63) is 0 Å². The fourth-order valence-corrected chi connectivity index (χ4v) is 1.46. The van der Waals surface area contributed by atoms with Crippen LogP contribution in [0.15, 0.2) is 0 Å². The molecule has 4 nitrogen and oxygen atoms in total. The maximum absolute atomic E-state index is 11.2. The summed E-state index contributed by atoms with van der Waals surface area (Å²) in [6.07, 6.45) is 0.946. The van der Waals surface area contributed by atoms with Crippen molar-refractivity contribution < 1.29 is 9.53 Å². The van der Waals surface area contributed by atoms with Gasteiger partial charge in [0, 0.05) is 20.2 Å². The zero-order valence-corrected chi connectivity index (χ0v) is 7.67. The van der Waals surface area contributed by atoms with E-state index in [1.807, 2.05) is 4.90 Å². The van der Waals surface area contributed by atoms with E-state index in [4.69, 9.17) is 4.74 Å². The molecular weight excluding hydrogens is 156 g/mol. The van der Waals surface area contributed by atoms with Gasteiger partial charge in [-0.25, -0.2) is 4.79 Å². The summed E-state index contributed by atoms with van der Waals surface area (Å²) in [5, 5.41) is 2.77. The fourth-order valence-electron chi connectivity index (χ4n) is 1.46. The molecule has 1 N–H and O–H groups in total. The number of carbonyl (C=O) groups excluding carboxylic acids is 1. The predicted octanol–water partition coefficient (Wildman–Crippen LogP) is 0.437. The molecule has 0 radical (unpaired) electrons. The zero-order valence-electron chi connectivity index (χ0n) is 7.67. The molecule has 1 heterocycles. The third kappa shape index (κ3) is 1.88. The van der Waals surface area contributed by atoms with Gasteiger partial charge in [-0.15, -0.1) is 0 Å². The van der Waals surface area contributed by atoms with E-state index in [0.29, 0.717) is 6.61 Å². The third-order valence-corrected chi connectivity index (χ3v) is 2.16. The smallest absolute Gasteiger partial charge is 0.317 e. The van der Waals surface area contributed by atoms with Crippen molar-refractivity contribution in [1.82, 2.24) is 10.2 Å². The first kappa shape index (κ1) is 9.32. The van der Waals surface area contributed by atoms with Gasteiger partial charge in [0.2, 0.25) is 0 Å². The van der Waals surface area contributed by atoms with Gasteiger partial charge in [0.05, 0.1) is 12.6 Å². The first-order valence-corrected chi connectivity index (χ1v) is 4.33. The first-order valence-electron chi connectivity index (χ1n) is 4.33. The summed E-state index contributed by atoms with van der Waals surface area (Å²) in [6.45, 7) is 4.26. The fraction of sp³-hybridized carbons (Fsp3) is 0.875. The van der Waals surface area contributed by atoms with Crippen molar-refractivity contribution in [3.8, 4) is 0 Å². The Morgan fingerprint density at radius 2 is 2.50 bits per heavy atom. The highest BCUT2D eigenvalue weighted by Crippen LogP contribution is 2.07. The van der Waals surface area contributed by atoms with Crippen molar-refractivity contribution in [2.24, 2.45) is 0 Å². The van der Waals surface area contributed by atoms with Crippen LogP contribution in [0, 0.1) is 0 Å². The molecule has 0 aromatic heterocycles. The minimum Gasteiger partial charge on any atom is -0.383 e. The normalized spacial score (nSPS) is 19.5. The third-order valence-electron chi connectivity index (χ3n) is 2.16. The predicted molar refractivity (Wildman–Crippen MR) is 46.1 cm³/mol. The van der Waals surface area contributed by atoms with Gasteiger partial charge in [0.25, 0.3) is 0 Å². The number of rotatable bonds is 4. The van der Waals surface area contributed by atoms with Crippen LogP contribution in [0.2, 0.25) is 0 Å². The Hall–Kier alpha value is -0.770. The number of nitrogens with zero attached hydrogens (tertiary/aromatic N) is 1. The number of methoxy groups -OCH3 is 1. The number of urea groups is 1. The number of ether oxygens (including phenoxy) is 1. The van der Waals surface area contributed by atoms with Crippen molar-refractivity contribution in [3.63, 3.8) is 0 Å². The summed E-state index contributed by atoms with van der Waals surface area (Å²) in [5.41, 5.74) is 0. The van der Waals surface area contributed by atoms with Crippen LogP contribution < -0.4 is 5.32 Å². The van der Waals surface area contributed by atoms with Crippen molar-refractivity contribution in [2.75, 3.05) is 26.8 Å². The lowest BCUT2D eigenvalue weighted by Gasteiger charge is -2.24. The average molecular weight is 172 g/mol. The Morgan fingerprint density at radius 3 is 2.92 bits per heavy atom. The zero-order chi connectivity index (χ0) is 8.97. The Kier molecular flexibility index (Phi) is 3.34. The van der Waals surface area contributed by atoms with Gasteiger partial charge in [0.1, 0.15) is 0 Å². The van der Waals surface area contributed by atoms with E-state index >= 15 is 0 Å². The Balaban J connectivity index is 2.46. The maximum Gasteiger partial charge on any atom is 0.317 e. The summed E-state index contributed by atoms with van der Waals surface area (Å²) in [6, 6.07) is 0.274. The molecule has 1 unspecified atom stereocenters. The lowest BCUT2D eigenvalue weighted by atomic mass is 10.2. The molecule has 0 aromatic carbocycles.